The Morgan fingerprint density at radius 3 is 2.79 bits per heavy atom. The van der Waals surface area contributed by atoms with Crippen LogP contribution in [0.25, 0.3) is 0 Å². The molecule has 0 unspecified atom stereocenters. The smallest absolute Gasteiger partial charge is 0.237 e. The Kier molecular flexibility index (Phi) is 3.45. The molecule has 1 rings (SSSR count). The predicted octanol–water partition coefficient (Wildman–Crippen LogP) is 0.956. The van der Waals surface area contributed by atoms with Gasteiger partial charge in [0.05, 0.1) is 0 Å². The molecule has 0 spiro atoms. The van der Waals surface area contributed by atoms with Crippen molar-refractivity contribution in [2.45, 2.75) is 26.3 Å². The molecule has 0 bridgehead atoms. The molecule has 0 aliphatic carbocycles. The Labute approximate surface area is 82.7 Å². The highest BCUT2D eigenvalue weighted by Crippen LogP contribution is 2.06. The molecular weight excluding hydrogens is 180 g/mol. The van der Waals surface area contributed by atoms with Gasteiger partial charge in [0.15, 0.2) is 5.78 Å². The molecule has 1 amide bonds. The second kappa shape index (κ2) is 4.60. The summed E-state index contributed by atoms with van der Waals surface area (Å²) in [6.45, 7) is 2.08. The van der Waals surface area contributed by atoms with E-state index in [4.69, 9.17) is 5.73 Å². The van der Waals surface area contributed by atoms with Crippen LogP contribution in [0.3, 0.4) is 0 Å². The van der Waals surface area contributed by atoms with Crippen molar-refractivity contribution in [1.29, 1.82) is 0 Å². The van der Waals surface area contributed by atoms with Crippen LogP contribution in [0.1, 0.15) is 30.1 Å². The van der Waals surface area contributed by atoms with Gasteiger partial charge in [0.2, 0.25) is 5.91 Å². The first kappa shape index (κ1) is 10.5. The van der Waals surface area contributed by atoms with Crippen molar-refractivity contribution in [2.75, 3.05) is 0 Å². The van der Waals surface area contributed by atoms with Crippen LogP contribution in [0.5, 0.6) is 0 Å². The molecule has 1 heterocycles. The van der Waals surface area contributed by atoms with E-state index >= 15 is 0 Å². The number of nitrogens with two attached hydrogens (primary N) is 1. The minimum absolute atomic E-state index is 0.107. The number of amides is 1. The van der Waals surface area contributed by atoms with E-state index in [-0.39, 0.29) is 12.3 Å². The van der Waals surface area contributed by atoms with E-state index < -0.39 is 5.91 Å². The molecule has 1 aromatic rings. The summed E-state index contributed by atoms with van der Waals surface area (Å²) in [5.74, 6) is -0.300. The molecule has 76 valence electrons. The lowest BCUT2D eigenvalue weighted by Gasteiger charge is -1.96. The average Bonchev–Trinajstić information content (AvgIpc) is 2.52. The molecule has 2 N–H and O–H groups in total. The minimum Gasteiger partial charge on any atom is -0.368 e. The summed E-state index contributed by atoms with van der Waals surface area (Å²) in [4.78, 5) is 22.0. The number of hydrogen-bond donors (Lipinski definition) is 1. The van der Waals surface area contributed by atoms with Crippen LogP contribution in [0.2, 0.25) is 0 Å². The molecule has 0 radical (unpaired) electrons. The van der Waals surface area contributed by atoms with Gasteiger partial charge in [0.1, 0.15) is 6.54 Å². The molecule has 4 heteroatoms. The van der Waals surface area contributed by atoms with Gasteiger partial charge >= 0.3 is 0 Å². The Bertz CT molecular complexity index is 342. The van der Waals surface area contributed by atoms with Crippen molar-refractivity contribution < 1.29 is 9.59 Å². The van der Waals surface area contributed by atoms with Gasteiger partial charge in [-0.2, -0.15) is 0 Å². The molecule has 0 aliphatic heterocycles. The molecule has 1 aromatic heterocycles. The van der Waals surface area contributed by atoms with Crippen LogP contribution < -0.4 is 5.73 Å². The summed E-state index contributed by atoms with van der Waals surface area (Å²) in [5.41, 5.74) is 5.67. The van der Waals surface area contributed by atoms with E-state index in [1.807, 2.05) is 6.92 Å². The second-order valence-corrected chi connectivity index (χ2v) is 3.21. The zero-order valence-electron chi connectivity index (χ0n) is 8.19. The normalized spacial score (nSPS) is 10.1. The molecule has 0 saturated carbocycles. The van der Waals surface area contributed by atoms with Crippen LogP contribution in [0, 0.1) is 0 Å². The first-order chi connectivity index (χ1) is 6.63. The highest BCUT2D eigenvalue weighted by molar-refractivity contribution is 5.95. The Hall–Kier alpha value is -1.58. The van der Waals surface area contributed by atoms with Crippen LogP contribution in [0.4, 0.5) is 0 Å². The van der Waals surface area contributed by atoms with Gasteiger partial charge in [0.25, 0.3) is 0 Å². The number of ketones is 1. The van der Waals surface area contributed by atoms with Gasteiger partial charge in [-0.25, -0.2) is 0 Å². The molecule has 0 saturated heterocycles. The van der Waals surface area contributed by atoms with Crippen molar-refractivity contribution in [3.05, 3.63) is 24.0 Å². The van der Waals surface area contributed by atoms with Gasteiger partial charge in [-0.1, -0.05) is 6.92 Å². The topological polar surface area (TPSA) is 65.1 Å². The van der Waals surface area contributed by atoms with Gasteiger partial charge in [-0.05, 0) is 12.5 Å². The standard InChI is InChI=1S/C10H14N2O2/c1-2-3-9(13)8-4-5-12(6-8)7-10(11)14/h4-6H,2-3,7H2,1H3,(H2,11,14). The second-order valence-electron chi connectivity index (χ2n) is 3.21. The fourth-order valence-electron chi connectivity index (χ4n) is 1.26. The van der Waals surface area contributed by atoms with Gasteiger partial charge in [0, 0.05) is 24.4 Å². The van der Waals surface area contributed by atoms with Crippen molar-refractivity contribution >= 4 is 11.7 Å². The zero-order valence-corrected chi connectivity index (χ0v) is 8.19. The average molecular weight is 194 g/mol. The van der Waals surface area contributed by atoms with E-state index in [2.05, 4.69) is 0 Å². The number of nitrogens with zero attached hydrogens (tertiary/aromatic N) is 1. The highest BCUT2D eigenvalue weighted by atomic mass is 16.1. The first-order valence-electron chi connectivity index (χ1n) is 4.60. The number of Topliss-reactive ketones (excluding diaryl/α,β-unsaturated/α-hetero) is 1. The number of rotatable bonds is 5. The monoisotopic (exact) mass is 194 g/mol. The summed E-state index contributed by atoms with van der Waals surface area (Å²) in [5, 5.41) is 0. The molecule has 4 nitrogen and oxygen atoms in total. The van der Waals surface area contributed by atoms with E-state index in [0.29, 0.717) is 12.0 Å². The molecule has 0 aliphatic rings. The van der Waals surface area contributed by atoms with Crippen molar-refractivity contribution in [3.63, 3.8) is 0 Å². The maximum Gasteiger partial charge on any atom is 0.237 e. The third-order valence-corrected chi connectivity index (χ3v) is 1.89. The molecular formula is C10H14N2O2. The van der Waals surface area contributed by atoms with E-state index in [0.717, 1.165) is 6.42 Å². The number of hydrogen-bond acceptors (Lipinski definition) is 2. The highest BCUT2D eigenvalue weighted by Gasteiger charge is 2.06. The zero-order chi connectivity index (χ0) is 10.6. The largest absolute Gasteiger partial charge is 0.368 e. The summed E-state index contributed by atoms with van der Waals surface area (Å²) in [6, 6.07) is 1.71. The summed E-state index contributed by atoms with van der Waals surface area (Å²) >= 11 is 0. The lowest BCUT2D eigenvalue weighted by Crippen LogP contribution is -2.17. The van der Waals surface area contributed by atoms with Crippen LogP contribution in [-0.4, -0.2) is 16.3 Å². The third kappa shape index (κ3) is 2.73. The number of primary amides is 1. The van der Waals surface area contributed by atoms with Crippen molar-refractivity contribution in [2.24, 2.45) is 5.73 Å². The summed E-state index contributed by atoms with van der Waals surface area (Å²) in [6.07, 6.45) is 4.72. The molecule has 0 aromatic carbocycles. The quantitative estimate of drug-likeness (QED) is 0.709. The Morgan fingerprint density at radius 2 is 2.21 bits per heavy atom. The number of carbonyl (C=O) groups excluding carboxylic acids is 2. The molecule has 14 heavy (non-hydrogen) atoms. The third-order valence-electron chi connectivity index (χ3n) is 1.89. The molecule has 0 fully saturated rings. The number of carbonyl (C=O) groups is 2. The summed E-state index contributed by atoms with van der Waals surface area (Å²) in [7, 11) is 0. The Balaban J connectivity index is 2.67. The van der Waals surface area contributed by atoms with Crippen LogP contribution >= 0.6 is 0 Å². The first-order valence-corrected chi connectivity index (χ1v) is 4.60. The van der Waals surface area contributed by atoms with E-state index in [9.17, 15) is 9.59 Å². The number of aromatic nitrogens is 1. The van der Waals surface area contributed by atoms with Crippen molar-refractivity contribution in [3.8, 4) is 0 Å². The predicted molar refractivity (Wildman–Crippen MR) is 52.9 cm³/mol. The fourth-order valence-corrected chi connectivity index (χ4v) is 1.26. The maximum absolute atomic E-state index is 11.4. The summed E-state index contributed by atoms with van der Waals surface area (Å²) < 4.78 is 1.62. The lowest BCUT2D eigenvalue weighted by molar-refractivity contribution is -0.118. The van der Waals surface area contributed by atoms with Gasteiger partial charge < -0.3 is 10.3 Å². The van der Waals surface area contributed by atoms with E-state index in [1.54, 1.807) is 23.0 Å². The van der Waals surface area contributed by atoms with E-state index in [1.165, 1.54) is 0 Å². The molecule has 0 atom stereocenters. The van der Waals surface area contributed by atoms with Crippen LogP contribution in [-0.2, 0) is 11.3 Å². The van der Waals surface area contributed by atoms with Gasteiger partial charge in [-0.15, -0.1) is 0 Å². The SMILES string of the molecule is CCCC(=O)c1ccn(CC(N)=O)c1. The Morgan fingerprint density at radius 1 is 1.50 bits per heavy atom. The van der Waals surface area contributed by atoms with Crippen LogP contribution in [0.15, 0.2) is 18.5 Å². The van der Waals surface area contributed by atoms with Gasteiger partial charge in [-0.3, -0.25) is 9.59 Å². The minimum atomic E-state index is -0.407. The lowest BCUT2D eigenvalue weighted by atomic mass is 10.1. The van der Waals surface area contributed by atoms with Crippen molar-refractivity contribution in [1.82, 2.24) is 4.57 Å². The maximum atomic E-state index is 11.4. The fraction of sp³-hybridized carbons (Fsp3) is 0.400.